The van der Waals surface area contributed by atoms with Crippen LogP contribution < -0.4 is 9.47 Å². The van der Waals surface area contributed by atoms with Gasteiger partial charge in [-0.25, -0.2) is 4.79 Å². The van der Waals surface area contributed by atoms with Crippen LogP contribution in [0, 0.1) is 0 Å². The summed E-state index contributed by atoms with van der Waals surface area (Å²) < 4.78 is 11.5. The van der Waals surface area contributed by atoms with Gasteiger partial charge < -0.3 is 14.6 Å². The number of carboxylic acid groups (broad SMARTS) is 1. The molecule has 0 fully saturated rings. The number of carboxylic acids is 1. The Morgan fingerprint density at radius 2 is 1.65 bits per heavy atom. The number of aliphatic carboxylic acids is 1. The van der Waals surface area contributed by atoms with Gasteiger partial charge in [-0.15, -0.1) is 0 Å². The summed E-state index contributed by atoms with van der Waals surface area (Å²) in [6, 6.07) is 23.9. The maximum absolute atomic E-state index is 11.6. The van der Waals surface area contributed by atoms with Crippen molar-refractivity contribution in [2.75, 3.05) is 0 Å². The molecule has 0 aliphatic heterocycles. The number of carbonyl (C=O) groups is 1. The molecule has 1 unspecified atom stereocenters. The van der Waals surface area contributed by atoms with Gasteiger partial charge in [0, 0.05) is 28.6 Å². The summed E-state index contributed by atoms with van der Waals surface area (Å²) in [5.41, 5.74) is 2.76. The number of aromatic nitrogens is 1. The van der Waals surface area contributed by atoms with E-state index in [4.69, 9.17) is 21.1 Å². The van der Waals surface area contributed by atoms with Gasteiger partial charge in [-0.2, -0.15) is 0 Å². The van der Waals surface area contributed by atoms with Gasteiger partial charge in [0.1, 0.15) is 18.1 Å². The lowest BCUT2D eigenvalue weighted by atomic mass is 10.1. The number of para-hydroxylation sites is 1. The molecule has 1 atom stereocenters. The second-order valence-corrected chi connectivity index (χ2v) is 7.51. The fraction of sp³-hybridized carbons (Fsp3) is 0.120. The lowest BCUT2D eigenvalue weighted by Gasteiger charge is -2.15. The predicted molar refractivity (Wildman–Crippen MR) is 120 cm³/mol. The van der Waals surface area contributed by atoms with E-state index >= 15 is 0 Å². The molecule has 1 N–H and O–H groups in total. The molecule has 0 saturated carbocycles. The maximum Gasteiger partial charge on any atom is 0.345 e. The summed E-state index contributed by atoms with van der Waals surface area (Å²) in [5, 5.41) is 11.1. The van der Waals surface area contributed by atoms with Crippen molar-refractivity contribution >= 4 is 28.5 Å². The largest absolute Gasteiger partial charge is 0.489 e. The fourth-order valence-corrected chi connectivity index (χ4v) is 3.28. The SMILES string of the molecule is O=C(O)C(Cc1ccc(OCc2cnc3ccccc3c2)cc1)Oc1ccc(Cl)cc1. The van der Waals surface area contributed by atoms with Crippen molar-refractivity contribution in [3.63, 3.8) is 0 Å². The average Bonchev–Trinajstić information content (AvgIpc) is 2.79. The Labute approximate surface area is 184 Å². The van der Waals surface area contributed by atoms with E-state index in [9.17, 15) is 9.90 Å². The summed E-state index contributed by atoms with van der Waals surface area (Å²) >= 11 is 5.86. The molecule has 4 aromatic rings. The summed E-state index contributed by atoms with van der Waals surface area (Å²) in [7, 11) is 0. The molecule has 5 nitrogen and oxygen atoms in total. The van der Waals surface area contributed by atoms with Crippen molar-refractivity contribution in [2.45, 2.75) is 19.1 Å². The fourth-order valence-electron chi connectivity index (χ4n) is 3.15. The van der Waals surface area contributed by atoms with Crippen LogP contribution in [0.15, 0.2) is 85.1 Å². The normalized spacial score (nSPS) is 11.8. The molecule has 31 heavy (non-hydrogen) atoms. The Kier molecular flexibility index (Phi) is 6.34. The van der Waals surface area contributed by atoms with Crippen LogP contribution in [0.25, 0.3) is 10.9 Å². The van der Waals surface area contributed by atoms with E-state index < -0.39 is 12.1 Å². The zero-order valence-corrected chi connectivity index (χ0v) is 17.3. The molecule has 0 bridgehead atoms. The van der Waals surface area contributed by atoms with E-state index in [2.05, 4.69) is 11.1 Å². The summed E-state index contributed by atoms with van der Waals surface area (Å²) in [5.74, 6) is 0.127. The third-order valence-electron chi connectivity index (χ3n) is 4.76. The number of benzene rings is 3. The van der Waals surface area contributed by atoms with E-state index in [1.165, 1.54) is 0 Å². The Bertz CT molecular complexity index is 1180. The van der Waals surface area contributed by atoms with Crippen LogP contribution in [0.4, 0.5) is 0 Å². The van der Waals surface area contributed by atoms with Crippen LogP contribution in [0.1, 0.15) is 11.1 Å². The van der Waals surface area contributed by atoms with Crippen LogP contribution in [-0.2, 0) is 17.8 Å². The molecule has 1 aromatic heterocycles. The van der Waals surface area contributed by atoms with E-state index in [-0.39, 0.29) is 6.42 Å². The molecule has 0 spiro atoms. The molecule has 0 aliphatic rings. The molecule has 0 saturated heterocycles. The minimum absolute atomic E-state index is 0.229. The molecule has 156 valence electrons. The van der Waals surface area contributed by atoms with Crippen LogP contribution in [-0.4, -0.2) is 22.2 Å². The molecular weight excluding hydrogens is 414 g/mol. The first-order valence-electron chi connectivity index (χ1n) is 9.77. The Balaban J connectivity index is 1.37. The first kappa shape index (κ1) is 20.7. The highest BCUT2D eigenvalue weighted by molar-refractivity contribution is 6.30. The number of pyridine rings is 1. The molecule has 6 heteroatoms. The molecule has 0 radical (unpaired) electrons. The second kappa shape index (κ2) is 9.49. The van der Waals surface area contributed by atoms with Crippen LogP contribution in [0.5, 0.6) is 11.5 Å². The van der Waals surface area contributed by atoms with Gasteiger partial charge in [-0.1, -0.05) is 41.9 Å². The number of nitrogens with zero attached hydrogens (tertiary/aromatic N) is 1. The lowest BCUT2D eigenvalue weighted by molar-refractivity contribution is -0.145. The van der Waals surface area contributed by atoms with Crippen LogP contribution >= 0.6 is 11.6 Å². The van der Waals surface area contributed by atoms with Gasteiger partial charge in [0.2, 0.25) is 0 Å². The quantitative estimate of drug-likeness (QED) is 0.395. The minimum Gasteiger partial charge on any atom is -0.489 e. The topological polar surface area (TPSA) is 68.7 Å². The van der Waals surface area contributed by atoms with E-state index in [0.29, 0.717) is 23.1 Å². The average molecular weight is 434 g/mol. The molecular formula is C25H20ClNO4. The highest BCUT2D eigenvalue weighted by atomic mass is 35.5. The highest BCUT2D eigenvalue weighted by Crippen LogP contribution is 2.20. The van der Waals surface area contributed by atoms with Gasteiger partial charge in [0.25, 0.3) is 0 Å². The number of rotatable bonds is 8. The third kappa shape index (κ3) is 5.53. The lowest BCUT2D eigenvalue weighted by Crippen LogP contribution is -2.29. The van der Waals surface area contributed by atoms with Gasteiger partial charge in [-0.3, -0.25) is 4.98 Å². The zero-order valence-electron chi connectivity index (χ0n) is 16.6. The first-order valence-corrected chi connectivity index (χ1v) is 10.1. The van der Waals surface area contributed by atoms with Crippen molar-refractivity contribution in [1.82, 2.24) is 4.98 Å². The molecule has 3 aromatic carbocycles. The zero-order chi connectivity index (χ0) is 21.6. The molecule has 0 amide bonds. The van der Waals surface area contributed by atoms with Crippen LogP contribution in [0.3, 0.4) is 0 Å². The number of hydrogen-bond donors (Lipinski definition) is 1. The molecule has 1 heterocycles. The second-order valence-electron chi connectivity index (χ2n) is 7.07. The molecule has 4 rings (SSSR count). The van der Waals surface area contributed by atoms with E-state index in [1.54, 1.807) is 24.3 Å². The van der Waals surface area contributed by atoms with Gasteiger partial charge in [-0.05, 0) is 54.1 Å². The highest BCUT2D eigenvalue weighted by Gasteiger charge is 2.20. The predicted octanol–water partition coefficient (Wildman–Crippen LogP) is 5.54. The standard InChI is InChI=1S/C25H20ClNO4/c26-20-7-11-22(12-8-20)31-24(25(28)29)14-17-5-9-21(10-6-17)30-16-18-13-19-3-1-2-4-23(19)27-15-18/h1-13,15,24H,14,16H2,(H,28,29). The van der Waals surface area contributed by atoms with E-state index in [1.807, 2.05) is 54.7 Å². The van der Waals surface area contributed by atoms with Crippen molar-refractivity contribution in [3.8, 4) is 11.5 Å². The van der Waals surface area contributed by atoms with Crippen molar-refractivity contribution in [3.05, 3.63) is 101 Å². The smallest absolute Gasteiger partial charge is 0.345 e. The Morgan fingerprint density at radius 1 is 0.935 bits per heavy atom. The monoisotopic (exact) mass is 433 g/mol. The van der Waals surface area contributed by atoms with Gasteiger partial charge in [0.05, 0.1) is 5.52 Å². The third-order valence-corrected chi connectivity index (χ3v) is 5.02. The maximum atomic E-state index is 11.6. The summed E-state index contributed by atoms with van der Waals surface area (Å²) in [6.07, 6.45) is 1.03. The minimum atomic E-state index is -1.03. The first-order chi connectivity index (χ1) is 15.1. The van der Waals surface area contributed by atoms with Gasteiger partial charge in [0.15, 0.2) is 6.10 Å². The number of halogens is 1. The molecule has 0 aliphatic carbocycles. The Morgan fingerprint density at radius 3 is 2.39 bits per heavy atom. The summed E-state index contributed by atoms with van der Waals surface area (Å²) in [6.45, 7) is 0.397. The Hall–Kier alpha value is -3.57. The number of fused-ring (bicyclic) bond motifs is 1. The van der Waals surface area contributed by atoms with E-state index in [0.717, 1.165) is 22.0 Å². The summed E-state index contributed by atoms with van der Waals surface area (Å²) in [4.78, 5) is 16.1. The van der Waals surface area contributed by atoms with Crippen molar-refractivity contribution in [2.24, 2.45) is 0 Å². The van der Waals surface area contributed by atoms with Crippen molar-refractivity contribution < 1.29 is 19.4 Å². The van der Waals surface area contributed by atoms with Gasteiger partial charge >= 0.3 is 5.97 Å². The number of hydrogen-bond acceptors (Lipinski definition) is 4. The number of ether oxygens (including phenoxy) is 2. The van der Waals surface area contributed by atoms with Crippen molar-refractivity contribution in [1.29, 1.82) is 0 Å². The van der Waals surface area contributed by atoms with Crippen LogP contribution in [0.2, 0.25) is 5.02 Å².